The van der Waals surface area contributed by atoms with Crippen LogP contribution < -0.4 is 5.56 Å². The van der Waals surface area contributed by atoms with Crippen molar-refractivity contribution in [3.63, 3.8) is 0 Å². The van der Waals surface area contributed by atoms with Crippen molar-refractivity contribution in [2.24, 2.45) is 7.05 Å². The van der Waals surface area contributed by atoms with Gasteiger partial charge in [-0.05, 0) is 36.9 Å². The fourth-order valence-corrected chi connectivity index (χ4v) is 1.96. The summed E-state index contributed by atoms with van der Waals surface area (Å²) in [5.74, 6) is 0. The summed E-state index contributed by atoms with van der Waals surface area (Å²) in [6, 6.07) is 7.70. The van der Waals surface area contributed by atoms with E-state index in [1.807, 2.05) is 20.0 Å². The number of pyridine rings is 1. The van der Waals surface area contributed by atoms with Gasteiger partial charge in [0, 0.05) is 13.1 Å². The maximum Gasteiger partial charge on any atom is 0.250 e. The minimum absolute atomic E-state index is 0.0458. The van der Waals surface area contributed by atoms with E-state index in [0.717, 1.165) is 16.5 Å². The van der Waals surface area contributed by atoms with E-state index in [1.165, 1.54) is 5.56 Å². The highest BCUT2D eigenvalue weighted by Gasteiger charge is 2.02. The highest BCUT2D eigenvalue weighted by atomic mass is 16.1. The van der Waals surface area contributed by atoms with Gasteiger partial charge in [-0.1, -0.05) is 11.6 Å². The summed E-state index contributed by atoms with van der Waals surface area (Å²) >= 11 is 0. The Labute approximate surface area is 82.8 Å². The normalized spacial score (nSPS) is 10.8. The Morgan fingerprint density at radius 1 is 1.14 bits per heavy atom. The third-order valence-corrected chi connectivity index (χ3v) is 2.55. The molecule has 0 saturated heterocycles. The van der Waals surface area contributed by atoms with Crippen LogP contribution in [-0.2, 0) is 7.05 Å². The molecule has 0 aliphatic carbocycles. The Morgan fingerprint density at radius 3 is 2.57 bits per heavy atom. The van der Waals surface area contributed by atoms with Crippen molar-refractivity contribution in [2.75, 3.05) is 0 Å². The van der Waals surface area contributed by atoms with E-state index in [-0.39, 0.29) is 5.56 Å². The molecule has 2 rings (SSSR count). The number of hydrogen-bond acceptors (Lipinski definition) is 1. The summed E-state index contributed by atoms with van der Waals surface area (Å²) in [7, 11) is 1.81. The first kappa shape index (κ1) is 9.00. The maximum absolute atomic E-state index is 11.4. The van der Waals surface area contributed by atoms with E-state index in [1.54, 1.807) is 10.6 Å². The van der Waals surface area contributed by atoms with Gasteiger partial charge in [0.25, 0.3) is 5.56 Å². The van der Waals surface area contributed by atoms with Crippen molar-refractivity contribution in [2.45, 2.75) is 13.8 Å². The van der Waals surface area contributed by atoms with Crippen LogP contribution >= 0.6 is 0 Å². The molecule has 0 atom stereocenters. The fraction of sp³-hybridized carbons (Fsp3) is 0.250. The topological polar surface area (TPSA) is 22.0 Å². The monoisotopic (exact) mass is 187 g/mol. The van der Waals surface area contributed by atoms with Gasteiger partial charge < -0.3 is 4.57 Å². The first-order valence-corrected chi connectivity index (χ1v) is 4.66. The molecule has 0 amide bonds. The number of aryl methyl sites for hydroxylation is 3. The summed E-state index contributed by atoms with van der Waals surface area (Å²) in [6.07, 6.45) is 0. The van der Waals surface area contributed by atoms with Crippen molar-refractivity contribution in [1.29, 1.82) is 0 Å². The van der Waals surface area contributed by atoms with Crippen LogP contribution in [0.5, 0.6) is 0 Å². The number of hydrogen-bond donors (Lipinski definition) is 0. The third-order valence-electron chi connectivity index (χ3n) is 2.55. The molecule has 0 radical (unpaired) electrons. The molecule has 0 fully saturated rings. The second kappa shape index (κ2) is 2.98. The first-order valence-electron chi connectivity index (χ1n) is 4.66. The van der Waals surface area contributed by atoms with Gasteiger partial charge in [-0.25, -0.2) is 0 Å². The molecule has 1 aromatic carbocycles. The lowest BCUT2D eigenvalue weighted by atomic mass is 10.1. The number of rotatable bonds is 0. The van der Waals surface area contributed by atoms with Crippen molar-refractivity contribution in [3.8, 4) is 0 Å². The Kier molecular flexibility index (Phi) is 1.92. The van der Waals surface area contributed by atoms with E-state index in [9.17, 15) is 4.79 Å². The molecule has 72 valence electrons. The van der Waals surface area contributed by atoms with Crippen LogP contribution in [0.25, 0.3) is 10.9 Å². The molecule has 0 aliphatic heterocycles. The minimum Gasteiger partial charge on any atom is -0.311 e. The standard InChI is InChI=1S/C12H13NO/c1-8-6-9(2)12-10(7-8)4-5-11(14)13(12)3/h4-7H,1-3H3. The highest BCUT2D eigenvalue weighted by molar-refractivity contribution is 5.82. The summed E-state index contributed by atoms with van der Waals surface area (Å²) in [6.45, 7) is 4.10. The molecular formula is C12H13NO. The first-order chi connectivity index (χ1) is 6.59. The van der Waals surface area contributed by atoms with Gasteiger partial charge in [-0.15, -0.1) is 0 Å². The van der Waals surface area contributed by atoms with Crippen LogP contribution in [0.4, 0.5) is 0 Å². The lowest BCUT2D eigenvalue weighted by molar-refractivity contribution is 0.901. The Balaban J connectivity index is 3.03. The fourth-order valence-electron chi connectivity index (χ4n) is 1.96. The smallest absolute Gasteiger partial charge is 0.250 e. The average Bonchev–Trinajstić information content (AvgIpc) is 2.10. The van der Waals surface area contributed by atoms with Crippen LogP contribution in [0.15, 0.2) is 29.1 Å². The molecule has 0 saturated carbocycles. The number of benzene rings is 1. The second-order valence-electron chi connectivity index (χ2n) is 3.75. The minimum atomic E-state index is 0.0458. The molecular weight excluding hydrogens is 174 g/mol. The lowest BCUT2D eigenvalue weighted by Gasteiger charge is -2.08. The molecule has 2 heteroatoms. The molecule has 2 aromatic rings. The van der Waals surface area contributed by atoms with Crippen LogP contribution in [-0.4, -0.2) is 4.57 Å². The number of fused-ring (bicyclic) bond motifs is 1. The van der Waals surface area contributed by atoms with Crippen molar-refractivity contribution in [3.05, 3.63) is 45.7 Å². The summed E-state index contributed by atoms with van der Waals surface area (Å²) in [5, 5.41) is 1.13. The van der Waals surface area contributed by atoms with Gasteiger partial charge >= 0.3 is 0 Å². The van der Waals surface area contributed by atoms with Crippen LogP contribution in [0, 0.1) is 13.8 Å². The third kappa shape index (κ3) is 1.23. The zero-order chi connectivity index (χ0) is 10.3. The molecule has 0 unspecified atom stereocenters. The number of aromatic nitrogens is 1. The van der Waals surface area contributed by atoms with Gasteiger partial charge in [0.15, 0.2) is 0 Å². The zero-order valence-electron chi connectivity index (χ0n) is 8.66. The van der Waals surface area contributed by atoms with Gasteiger partial charge in [0.2, 0.25) is 0 Å². The van der Waals surface area contributed by atoms with Gasteiger partial charge in [0.1, 0.15) is 0 Å². The summed E-state index contributed by atoms with van der Waals surface area (Å²) in [4.78, 5) is 11.4. The van der Waals surface area contributed by atoms with Crippen LogP contribution in [0.3, 0.4) is 0 Å². The molecule has 0 spiro atoms. The van der Waals surface area contributed by atoms with Crippen molar-refractivity contribution < 1.29 is 0 Å². The van der Waals surface area contributed by atoms with Crippen molar-refractivity contribution in [1.82, 2.24) is 4.57 Å². The molecule has 0 aliphatic rings. The molecule has 14 heavy (non-hydrogen) atoms. The molecule has 1 heterocycles. The van der Waals surface area contributed by atoms with Crippen LogP contribution in [0.1, 0.15) is 11.1 Å². The molecule has 0 bridgehead atoms. The quantitative estimate of drug-likeness (QED) is 0.619. The van der Waals surface area contributed by atoms with Crippen molar-refractivity contribution >= 4 is 10.9 Å². The Bertz CT molecular complexity index is 552. The molecule has 2 nitrogen and oxygen atoms in total. The molecule has 0 N–H and O–H groups in total. The maximum atomic E-state index is 11.4. The Morgan fingerprint density at radius 2 is 1.86 bits per heavy atom. The summed E-state index contributed by atoms with van der Waals surface area (Å²) < 4.78 is 1.70. The molecule has 1 aromatic heterocycles. The van der Waals surface area contributed by atoms with E-state index in [0.29, 0.717) is 0 Å². The predicted octanol–water partition coefficient (Wildman–Crippen LogP) is 2.16. The van der Waals surface area contributed by atoms with Gasteiger partial charge in [0.05, 0.1) is 5.52 Å². The van der Waals surface area contributed by atoms with E-state index < -0.39 is 0 Å². The summed E-state index contributed by atoms with van der Waals surface area (Å²) in [5.41, 5.74) is 3.46. The lowest BCUT2D eigenvalue weighted by Crippen LogP contribution is -2.15. The SMILES string of the molecule is Cc1cc(C)c2c(ccc(=O)n2C)c1. The number of nitrogens with zero attached hydrogens (tertiary/aromatic N) is 1. The highest BCUT2D eigenvalue weighted by Crippen LogP contribution is 2.17. The van der Waals surface area contributed by atoms with E-state index in [4.69, 9.17) is 0 Å². The van der Waals surface area contributed by atoms with E-state index in [2.05, 4.69) is 19.1 Å². The average molecular weight is 187 g/mol. The Hall–Kier alpha value is -1.57. The second-order valence-corrected chi connectivity index (χ2v) is 3.75. The van der Waals surface area contributed by atoms with Gasteiger partial charge in [-0.3, -0.25) is 4.79 Å². The predicted molar refractivity (Wildman–Crippen MR) is 58.7 cm³/mol. The van der Waals surface area contributed by atoms with Gasteiger partial charge in [-0.2, -0.15) is 0 Å². The van der Waals surface area contributed by atoms with Crippen LogP contribution in [0.2, 0.25) is 0 Å². The largest absolute Gasteiger partial charge is 0.311 e. The van der Waals surface area contributed by atoms with E-state index >= 15 is 0 Å². The zero-order valence-corrected chi connectivity index (χ0v) is 8.66.